The molecule has 0 saturated heterocycles. The van der Waals surface area contributed by atoms with Crippen molar-refractivity contribution in [2.45, 2.75) is 26.4 Å². The summed E-state index contributed by atoms with van der Waals surface area (Å²) in [7, 11) is 3.58. The number of para-hydroxylation sites is 1. The van der Waals surface area contributed by atoms with Gasteiger partial charge in [0.15, 0.2) is 0 Å². The van der Waals surface area contributed by atoms with Crippen molar-refractivity contribution in [3.05, 3.63) is 29.8 Å². The highest BCUT2D eigenvalue weighted by molar-refractivity contribution is 5.78. The number of benzene rings is 1. The SMILES string of the molecule is COc1ccccc1CN(C)CC(=O)NC(C)C. The lowest BCUT2D eigenvalue weighted by Gasteiger charge is -2.18. The van der Waals surface area contributed by atoms with Crippen LogP contribution in [0.2, 0.25) is 0 Å². The average Bonchev–Trinajstić information content (AvgIpc) is 2.28. The van der Waals surface area contributed by atoms with Crippen LogP contribution in [0, 0.1) is 0 Å². The zero-order valence-electron chi connectivity index (χ0n) is 11.6. The predicted molar refractivity (Wildman–Crippen MR) is 72.6 cm³/mol. The first-order valence-corrected chi connectivity index (χ1v) is 6.12. The van der Waals surface area contributed by atoms with Crippen molar-refractivity contribution >= 4 is 5.91 Å². The van der Waals surface area contributed by atoms with Gasteiger partial charge in [-0.15, -0.1) is 0 Å². The monoisotopic (exact) mass is 250 g/mol. The van der Waals surface area contributed by atoms with Gasteiger partial charge in [-0.3, -0.25) is 9.69 Å². The van der Waals surface area contributed by atoms with E-state index in [1.807, 2.05) is 50.1 Å². The molecule has 0 saturated carbocycles. The van der Waals surface area contributed by atoms with Crippen LogP contribution in [0.5, 0.6) is 5.75 Å². The van der Waals surface area contributed by atoms with Crippen molar-refractivity contribution in [3.8, 4) is 5.75 Å². The quantitative estimate of drug-likeness (QED) is 0.834. The number of rotatable bonds is 6. The van der Waals surface area contributed by atoms with E-state index in [4.69, 9.17) is 4.74 Å². The largest absolute Gasteiger partial charge is 0.496 e. The number of methoxy groups -OCH3 is 1. The standard InChI is InChI=1S/C14H22N2O2/c1-11(2)15-14(17)10-16(3)9-12-7-5-6-8-13(12)18-4/h5-8,11H,9-10H2,1-4H3,(H,15,17). The number of likely N-dealkylation sites (N-methyl/N-ethyl adjacent to an activating group) is 1. The molecule has 0 aliphatic carbocycles. The van der Waals surface area contributed by atoms with Crippen molar-refractivity contribution in [3.63, 3.8) is 0 Å². The van der Waals surface area contributed by atoms with Crippen LogP contribution in [0.4, 0.5) is 0 Å². The number of hydrogen-bond donors (Lipinski definition) is 1. The molecule has 4 nitrogen and oxygen atoms in total. The molecule has 0 radical (unpaired) electrons. The fourth-order valence-electron chi connectivity index (χ4n) is 1.79. The molecule has 0 heterocycles. The van der Waals surface area contributed by atoms with E-state index >= 15 is 0 Å². The van der Waals surface area contributed by atoms with E-state index in [9.17, 15) is 4.79 Å². The van der Waals surface area contributed by atoms with Crippen LogP contribution in [0.1, 0.15) is 19.4 Å². The number of hydrogen-bond acceptors (Lipinski definition) is 3. The lowest BCUT2D eigenvalue weighted by Crippen LogP contribution is -2.38. The topological polar surface area (TPSA) is 41.6 Å². The van der Waals surface area contributed by atoms with E-state index in [-0.39, 0.29) is 11.9 Å². The molecule has 100 valence electrons. The van der Waals surface area contributed by atoms with Crippen LogP contribution in [0.15, 0.2) is 24.3 Å². The molecule has 1 aromatic rings. The molecular weight excluding hydrogens is 228 g/mol. The molecule has 0 atom stereocenters. The first-order chi connectivity index (χ1) is 8.52. The maximum Gasteiger partial charge on any atom is 0.234 e. The zero-order chi connectivity index (χ0) is 13.5. The molecule has 0 spiro atoms. The Kier molecular flexibility index (Phi) is 5.65. The smallest absolute Gasteiger partial charge is 0.234 e. The molecular formula is C14H22N2O2. The van der Waals surface area contributed by atoms with Gasteiger partial charge in [0.1, 0.15) is 5.75 Å². The summed E-state index contributed by atoms with van der Waals surface area (Å²) in [6.45, 7) is 4.99. The molecule has 0 unspecified atom stereocenters. The van der Waals surface area contributed by atoms with Crippen LogP contribution in [0.3, 0.4) is 0 Å². The summed E-state index contributed by atoms with van der Waals surface area (Å²) in [4.78, 5) is 13.6. The summed E-state index contributed by atoms with van der Waals surface area (Å²) in [6.07, 6.45) is 0. The first-order valence-electron chi connectivity index (χ1n) is 6.12. The summed E-state index contributed by atoms with van der Waals surface area (Å²) in [6, 6.07) is 8.03. The third-order valence-corrected chi connectivity index (χ3v) is 2.50. The second-order valence-electron chi connectivity index (χ2n) is 4.71. The summed E-state index contributed by atoms with van der Waals surface area (Å²) in [5, 5.41) is 2.88. The average molecular weight is 250 g/mol. The zero-order valence-corrected chi connectivity index (χ0v) is 11.6. The van der Waals surface area contributed by atoms with Gasteiger partial charge in [0.05, 0.1) is 13.7 Å². The van der Waals surface area contributed by atoms with Gasteiger partial charge < -0.3 is 10.1 Å². The number of amides is 1. The van der Waals surface area contributed by atoms with Gasteiger partial charge in [-0.25, -0.2) is 0 Å². The van der Waals surface area contributed by atoms with E-state index in [1.165, 1.54) is 0 Å². The summed E-state index contributed by atoms with van der Waals surface area (Å²) >= 11 is 0. The Morgan fingerprint density at radius 2 is 2.06 bits per heavy atom. The van der Waals surface area contributed by atoms with E-state index in [0.29, 0.717) is 13.1 Å². The second-order valence-corrected chi connectivity index (χ2v) is 4.71. The maximum atomic E-state index is 11.6. The van der Waals surface area contributed by atoms with Gasteiger partial charge in [-0.2, -0.15) is 0 Å². The molecule has 0 fully saturated rings. The van der Waals surface area contributed by atoms with Crippen molar-refractivity contribution in [2.24, 2.45) is 0 Å². The minimum atomic E-state index is 0.0439. The Labute approximate surface area is 109 Å². The minimum Gasteiger partial charge on any atom is -0.496 e. The second kappa shape index (κ2) is 7.01. The summed E-state index contributed by atoms with van der Waals surface area (Å²) in [5.41, 5.74) is 1.08. The third-order valence-electron chi connectivity index (χ3n) is 2.50. The minimum absolute atomic E-state index is 0.0439. The maximum absolute atomic E-state index is 11.6. The van der Waals surface area contributed by atoms with Crippen molar-refractivity contribution < 1.29 is 9.53 Å². The highest BCUT2D eigenvalue weighted by Gasteiger charge is 2.10. The molecule has 0 bridgehead atoms. The van der Waals surface area contributed by atoms with Gasteiger partial charge in [-0.05, 0) is 27.0 Å². The molecule has 0 aromatic heterocycles. The molecule has 1 amide bonds. The van der Waals surface area contributed by atoms with Crippen molar-refractivity contribution in [1.29, 1.82) is 0 Å². The fourth-order valence-corrected chi connectivity index (χ4v) is 1.79. The molecule has 1 N–H and O–H groups in total. The van der Waals surface area contributed by atoms with Crippen LogP contribution in [0.25, 0.3) is 0 Å². The highest BCUT2D eigenvalue weighted by Crippen LogP contribution is 2.18. The number of carbonyl (C=O) groups excluding carboxylic acids is 1. The molecule has 0 aliphatic rings. The van der Waals surface area contributed by atoms with Crippen LogP contribution in [-0.4, -0.2) is 37.6 Å². The number of nitrogens with zero attached hydrogens (tertiary/aromatic N) is 1. The van der Waals surface area contributed by atoms with Gasteiger partial charge in [0.25, 0.3) is 0 Å². The predicted octanol–water partition coefficient (Wildman–Crippen LogP) is 1.65. The van der Waals surface area contributed by atoms with Crippen molar-refractivity contribution in [1.82, 2.24) is 10.2 Å². The Balaban J connectivity index is 2.54. The Morgan fingerprint density at radius 1 is 1.39 bits per heavy atom. The summed E-state index contributed by atoms with van der Waals surface area (Å²) in [5.74, 6) is 0.899. The molecule has 1 aromatic carbocycles. The van der Waals surface area contributed by atoms with Crippen LogP contribution < -0.4 is 10.1 Å². The highest BCUT2D eigenvalue weighted by atomic mass is 16.5. The lowest BCUT2D eigenvalue weighted by atomic mass is 10.2. The van der Waals surface area contributed by atoms with Gasteiger partial charge in [0.2, 0.25) is 5.91 Å². The Hall–Kier alpha value is -1.55. The molecule has 1 rings (SSSR count). The number of carbonyl (C=O) groups is 1. The van der Waals surface area contributed by atoms with E-state index < -0.39 is 0 Å². The van der Waals surface area contributed by atoms with Crippen LogP contribution in [-0.2, 0) is 11.3 Å². The fraction of sp³-hybridized carbons (Fsp3) is 0.500. The number of ether oxygens (including phenoxy) is 1. The van der Waals surface area contributed by atoms with E-state index in [2.05, 4.69) is 5.32 Å². The first kappa shape index (κ1) is 14.5. The summed E-state index contributed by atoms with van der Waals surface area (Å²) < 4.78 is 5.29. The third kappa shape index (κ3) is 4.75. The van der Waals surface area contributed by atoms with Gasteiger partial charge in [-0.1, -0.05) is 18.2 Å². The molecule has 4 heteroatoms. The normalized spacial score (nSPS) is 10.8. The van der Waals surface area contributed by atoms with Gasteiger partial charge in [0, 0.05) is 18.2 Å². The molecule has 0 aliphatic heterocycles. The van der Waals surface area contributed by atoms with Crippen LogP contribution >= 0.6 is 0 Å². The Morgan fingerprint density at radius 3 is 2.67 bits per heavy atom. The van der Waals surface area contributed by atoms with Crippen molar-refractivity contribution in [2.75, 3.05) is 20.7 Å². The Bertz CT molecular complexity index is 391. The van der Waals surface area contributed by atoms with Gasteiger partial charge >= 0.3 is 0 Å². The van der Waals surface area contributed by atoms with E-state index in [0.717, 1.165) is 11.3 Å². The van der Waals surface area contributed by atoms with E-state index in [1.54, 1.807) is 7.11 Å². The number of nitrogens with one attached hydrogen (secondary N) is 1. The lowest BCUT2D eigenvalue weighted by molar-refractivity contribution is -0.122. The molecule has 18 heavy (non-hydrogen) atoms.